The fourth-order valence-corrected chi connectivity index (χ4v) is 4.12. The third kappa shape index (κ3) is 4.43. The number of nitrogens with one attached hydrogen (secondary N) is 1. The van der Waals surface area contributed by atoms with E-state index in [2.05, 4.69) is 41.4 Å². The van der Waals surface area contributed by atoms with Crippen LogP contribution in [-0.2, 0) is 11.3 Å². The van der Waals surface area contributed by atoms with Crippen LogP contribution in [-0.4, -0.2) is 34.5 Å². The van der Waals surface area contributed by atoms with Crippen molar-refractivity contribution in [2.24, 2.45) is 0 Å². The van der Waals surface area contributed by atoms with Crippen molar-refractivity contribution in [2.45, 2.75) is 44.8 Å². The molecule has 6 heteroatoms. The second kappa shape index (κ2) is 8.66. The van der Waals surface area contributed by atoms with Crippen LogP contribution in [0.4, 0.5) is 0 Å². The van der Waals surface area contributed by atoms with E-state index in [0.29, 0.717) is 31.0 Å². The Bertz CT molecular complexity index is 1020. The molecule has 0 aliphatic carbocycles. The number of para-hydroxylation sites is 2. The van der Waals surface area contributed by atoms with Crippen molar-refractivity contribution in [1.29, 1.82) is 0 Å². The number of carbonyl (C=O) groups is 1. The van der Waals surface area contributed by atoms with Crippen LogP contribution in [0.15, 0.2) is 63.8 Å². The number of amides is 1. The summed E-state index contributed by atoms with van der Waals surface area (Å²) >= 11 is 0. The highest BCUT2D eigenvalue weighted by molar-refractivity contribution is 5.76. The molecule has 0 bridgehead atoms. The molecule has 1 aliphatic rings. The second-order valence-electron chi connectivity index (χ2n) is 7.73. The van der Waals surface area contributed by atoms with Gasteiger partial charge >= 0.3 is 5.76 Å². The van der Waals surface area contributed by atoms with Gasteiger partial charge in [-0.1, -0.05) is 42.5 Å². The minimum atomic E-state index is -0.368. The monoisotopic (exact) mass is 393 g/mol. The first-order valence-electron chi connectivity index (χ1n) is 10.3. The highest BCUT2D eigenvalue weighted by atomic mass is 16.4. The van der Waals surface area contributed by atoms with Crippen LogP contribution in [0.3, 0.4) is 0 Å². The molecule has 2 aromatic carbocycles. The van der Waals surface area contributed by atoms with Crippen LogP contribution in [0.1, 0.15) is 37.8 Å². The van der Waals surface area contributed by atoms with Crippen molar-refractivity contribution in [3.63, 3.8) is 0 Å². The van der Waals surface area contributed by atoms with Crippen molar-refractivity contribution < 1.29 is 9.21 Å². The van der Waals surface area contributed by atoms with Gasteiger partial charge in [0.1, 0.15) is 0 Å². The molecule has 0 spiro atoms. The van der Waals surface area contributed by atoms with Crippen LogP contribution in [0.25, 0.3) is 11.1 Å². The summed E-state index contributed by atoms with van der Waals surface area (Å²) in [5.41, 5.74) is 2.66. The summed E-state index contributed by atoms with van der Waals surface area (Å²) in [5, 5.41) is 3.16. The van der Waals surface area contributed by atoms with Gasteiger partial charge in [0.2, 0.25) is 5.91 Å². The minimum Gasteiger partial charge on any atom is -0.408 e. The molecule has 2 atom stereocenters. The fourth-order valence-electron chi connectivity index (χ4n) is 4.12. The topological polar surface area (TPSA) is 67.5 Å². The van der Waals surface area contributed by atoms with Crippen molar-refractivity contribution in [3.8, 4) is 0 Å². The van der Waals surface area contributed by atoms with Gasteiger partial charge in [-0.05, 0) is 37.5 Å². The molecule has 1 saturated heterocycles. The number of aryl methyl sites for hydroxylation is 1. The van der Waals surface area contributed by atoms with E-state index >= 15 is 0 Å². The molecule has 0 radical (unpaired) electrons. The average Bonchev–Trinajstić information content (AvgIpc) is 3.32. The van der Waals surface area contributed by atoms with Crippen molar-refractivity contribution >= 4 is 17.0 Å². The third-order valence-corrected chi connectivity index (χ3v) is 5.77. The second-order valence-corrected chi connectivity index (χ2v) is 7.73. The highest BCUT2D eigenvalue weighted by Gasteiger charge is 2.27. The number of carbonyl (C=O) groups excluding carboxylic acids is 1. The van der Waals surface area contributed by atoms with Crippen molar-refractivity contribution in [3.05, 3.63) is 70.7 Å². The zero-order valence-corrected chi connectivity index (χ0v) is 16.7. The van der Waals surface area contributed by atoms with E-state index < -0.39 is 0 Å². The predicted octanol–water partition coefficient (Wildman–Crippen LogP) is 3.33. The van der Waals surface area contributed by atoms with E-state index in [4.69, 9.17) is 4.42 Å². The molecule has 2 unspecified atom stereocenters. The molecular weight excluding hydrogens is 366 g/mol. The van der Waals surface area contributed by atoms with E-state index in [1.807, 2.05) is 24.3 Å². The van der Waals surface area contributed by atoms with Gasteiger partial charge in [0.05, 0.1) is 5.52 Å². The van der Waals surface area contributed by atoms with Crippen LogP contribution in [0, 0.1) is 0 Å². The summed E-state index contributed by atoms with van der Waals surface area (Å²) in [6.45, 7) is 4.54. The molecule has 1 N–H and O–H groups in total. The maximum atomic E-state index is 12.4. The maximum absolute atomic E-state index is 12.4. The first-order chi connectivity index (χ1) is 14.1. The summed E-state index contributed by atoms with van der Waals surface area (Å²) < 4.78 is 6.83. The van der Waals surface area contributed by atoms with Crippen LogP contribution in [0.2, 0.25) is 0 Å². The Morgan fingerprint density at radius 3 is 2.76 bits per heavy atom. The Kier molecular flexibility index (Phi) is 5.81. The number of aromatic nitrogens is 1. The van der Waals surface area contributed by atoms with E-state index in [1.165, 1.54) is 5.56 Å². The number of benzene rings is 2. The lowest BCUT2D eigenvalue weighted by atomic mass is 10.1. The molecule has 29 heavy (non-hydrogen) atoms. The van der Waals surface area contributed by atoms with Gasteiger partial charge < -0.3 is 9.73 Å². The number of rotatable bonds is 7. The van der Waals surface area contributed by atoms with E-state index in [0.717, 1.165) is 25.0 Å². The van der Waals surface area contributed by atoms with Crippen molar-refractivity contribution in [2.75, 3.05) is 13.1 Å². The molecule has 1 aromatic heterocycles. The lowest BCUT2D eigenvalue weighted by molar-refractivity contribution is -0.121. The largest absolute Gasteiger partial charge is 0.419 e. The number of nitrogens with zero attached hydrogens (tertiary/aromatic N) is 2. The maximum Gasteiger partial charge on any atom is 0.419 e. The molecular formula is C23H27N3O3. The predicted molar refractivity (Wildman–Crippen MR) is 113 cm³/mol. The molecule has 1 amide bonds. The molecule has 1 aliphatic heterocycles. The Hall–Kier alpha value is -2.86. The smallest absolute Gasteiger partial charge is 0.408 e. The fraction of sp³-hybridized carbons (Fsp3) is 0.391. The molecule has 1 fully saturated rings. The summed E-state index contributed by atoms with van der Waals surface area (Å²) in [4.78, 5) is 26.8. The quantitative estimate of drug-likeness (QED) is 0.669. The minimum absolute atomic E-state index is 0.0464. The first kappa shape index (κ1) is 19.5. The van der Waals surface area contributed by atoms with E-state index in [9.17, 15) is 9.59 Å². The highest BCUT2D eigenvalue weighted by Crippen LogP contribution is 2.24. The summed E-state index contributed by atoms with van der Waals surface area (Å²) in [7, 11) is 0. The van der Waals surface area contributed by atoms with Gasteiger partial charge in [-0.2, -0.15) is 0 Å². The van der Waals surface area contributed by atoms with Crippen LogP contribution >= 0.6 is 0 Å². The van der Waals surface area contributed by atoms with E-state index in [1.54, 1.807) is 10.6 Å². The van der Waals surface area contributed by atoms with Crippen LogP contribution < -0.4 is 11.1 Å². The van der Waals surface area contributed by atoms with Crippen molar-refractivity contribution in [1.82, 2.24) is 14.8 Å². The number of hydrogen-bond donors (Lipinski definition) is 1. The summed E-state index contributed by atoms with van der Waals surface area (Å²) in [6, 6.07) is 18.4. The Morgan fingerprint density at radius 2 is 1.93 bits per heavy atom. The Balaban J connectivity index is 1.25. The zero-order chi connectivity index (χ0) is 20.2. The van der Waals surface area contributed by atoms with Gasteiger partial charge in [-0.25, -0.2) is 4.79 Å². The number of likely N-dealkylation sites (tertiary alicyclic amines) is 1. The summed E-state index contributed by atoms with van der Waals surface area (Å²) in [6.07, 6.45) is 1.97. The lowest BCUT2D eigenvalue weighted by Crippen LogP contribution is -2.37. The first-order valence-corrected chi connectivity index (χ1v) is 10.3. The average molecular weight is 393 g/mol. The van der Waals surface area contributed by atoms with Gasteiger partial charge in [-0.3, -0.25) is 14.3 Å². The lowest BCUT2D eigenvalue weighted by Gasteiger charge is -2.24. The number of oxazole rings is 1. The molecule has 2 heterocycles. The van der Waals surface area contributed by atoms with Gasteiger partial charge in [-0.15, -0.1) is 0 Å². The van der Waals surface area contributed by atoms with E-state index in [-0.39, 0.29) is 17.7 Å². The molecule has 4 rings (SSSR count). The normalized spacial score (nSPS) is 18.2. The molecule has 0 saturated carbocycles. The summed E-state index contributed by atoms with van der Waals surface area (Å²) in [5.74, 6) is -0.321. The molecule has 152 valence electrons. The molecule has 6 nitrogen and oxygen atoms in total. The van der Waals surface area contributed by atoms with Gasteiger partial charge in [0.15, 0.2) is 5.58 Å². The van der Waals surface area contributed by atoms with Gasteiger partial charge in [0, 0.05) is 38.1 Å². The SMILES string of the molecule is CC(c1ccccc1)N1CCC(NC(=O)CCCn2c(=O)oc3ccccc32)C1. The standard InChI is InChI=1S/C23H27N3O3/c1-17(18-8-3-2-4-9-18)25-15-13-19(16-25)24-22(27)12-7-14-26-20-10-5-6-11-21(20)29-23(26)28/h2-6,8-11,17,19H,7,12-16H2,1H3,(H,24,27). The molecule has 3 aromatic rings. The number of hydrogen-bond acceptors (Lipinski definition) is 4. The van der Waals surface area contributed by atoms with Crippen LogP contribution in [0.5, 0.6) is 0 Å². The van der Waals surface area contributed by atoms with Gasteiger partial charge in [0.25, 0.3) is 0 Å². The third-order valence-electron chi connectivity index (χ3n) is 5.77. The zero-order valence-electron chi connectivity index (χ0n) is 16.7. The number of fused-ring (bicyclic) bond motifs is 1. The Morgan fingerprint density at radius 1 is 1.17 bits per heavy atom. The Labute approximate surface area is 170 Å².